The Bertz CT molecular complexity index is 991. The van der Waals surface area contributed by atoms with Crippen LogP contribution in [0.3, 0.4) is 0 Å². The normalized spacial score (nSPS) is 20.6. The van der Waals surface area contributed by atoms with Gasteiger partial charge in [0.1, 0.15) is 20.8 Å². The molecule has 12 heteroatoms. The molecule has 1 unspecified atom stereocenters. The zero-order valence-electron chi connectivity index (χ0n) is 14.6. The third kappa shape index (κ3) is 4.20. The van der Waals surface area contributed by atoms with Crippen molar-refractivity contribution in [2.75, 3.05) is 18.0 Å². The van der Waals surface area contributed by atoms with Gasteiger partial charge in [-0.1, -0.05) is 47.9 Å². The highest BCUT2D eigenvalue weighted by molar-refractivity contribution is 8.27. The second-order valence-electron chi connectivity index (χ2n) is 6.12. The molecule has 0 radical (unpaired) electrons. The number of para-hydroxylation sites is 1. The lowest BCUT2D eigenvalue weighted by molar-refractivity contribution is -0.140. The number of carboxylic acid groups (broad SMARTS) is 1. The van der Waals surface area contributed by atoms with Crippen LogP contribution in [0.25, 0.3) is 0 Å². The molecule has 1 aromatic rings. The van der Waals surface area contributed by atoms with Crippen LogP contribution >= 0.6 is 35.7 Å². The van der Waals surface area contributed by atoms with Crippen molar-refractivity contribution >= 4 is 67.7 Å². The zero-order valence-corrected chi connectivity index (χ0v) is 17.8. The van der Waals surface area contributed by atoms with Gasteiger partial charge in [0.05, 0.1) is 10.9 Å². The molecule has 0 bridgehead atoms. The van der Waals surface area contributed by atoms with E-state index in [9.17, 15) is 22.6 Å². The first-order chi connectivity index (χ1) is 13.1. The van der Waals surface area contributed by atoms with Gasteiger partial charge < -0.3 is 10.0 Å². The van der Waals surface area contributed by atoms with Crippen molar-refractivity contribution in [3.05, 3.63) is 34.2 Å². The molecule has 0 saturated carbocycles. The quantitative estimate of drug-likeness (QED) is 0.372. The van der Waals surface area contributed by atoms with Gasteiger partial charge in [-0.05, 0) is 25.5 Å². The molecular weight excluding hydrogens is 444 g/mol. The standard InChI is InChI=1S/C16H16N2O6S4/c1-9(28(22,23)24)6-7-17-10-4-2-3-5-11(10)26-15(17)13-14(21)18(8-12(19)20)16(25)27-13/h2-5,9H,6-8H2,1H3,(H,19,20)(H,22,23,24). The molecule has 3 rings (SSSR count). The van der Waals surface area contributed by atoms with E-state index in [0.717, 1.165) is 27.2 Å². The molecule has 2 heterocycles. The van der Waals surface area contributed by atoms with Crippen molar-refractivity contribution in [3.63, 3.8) is 0 Å². The molecule has 0 aliphatic carbocycles. The van der Waals surface area contributed by atoms with Crippen molar-refractivity contribution < 1.29 is 27.7 Å². The van der Waals surface area contributed by atoms with Crippen LogP contribution in [0.1, 0.15) is 13.3 Å². The fourth-order valence-corrected chi connectivity index (χ4v) is 5.68. The molecule has 1 fully saturated rings. The van der Waals surface area contributed by atoms with Crippen LogP contribution in [0.2, 0.25) is 0 Å². The van der Waals surface area contributed by atoms with E-state index in [0.29, 0.717) is 9.93 Å². The van der Waals surface area contributed by atoms with Gasteiger partial charge in [0.2, 0.25) is 0 Å². The van der Waals surface area contributed by atoms with Crippen molar-refractivity contribution in [2.45, 2.75) is 23.5 Å². The number of fused-ring (bicyclic) bond motifs is 1. The lowest BCUT2D eigenvalue weighted by Gasteiger charge is -2.22. The van der Waals surface area contributed by atoms with Crippen LogP contribution in [-0.4, -0.2) is 57.5 Å². The Labute approximate surface area is 175 Å². The SMILES string of the molecule is CC(CCN1C(=C2SC(=S)N(CC(=O)O)C2=O)Sc2ccccc21)S(=O)(=O)O. The predicted octanol–water partition coefficient (Wildman–Crippen LogP) is 2.38. The monoisotopic (exact) mass is 460 g/mol. The number of anilines is 1. The molecule has 0 aromatic heterocycles. The van der Waals surface area contributed by atoms with Gasteiger partial charge in [0, 0.05) is 11.4 Å². The number of thioether (sulfide) groups is 2. The molecule has 1 saturated heterocycles. The summed E-state index contributed by atoms with van der Waals surface area (Å²) in [4.78, 5) is 27.8. The fraction of sp³-hybridized carbons (Fsp3) is 0.312. The molecule has 2 aliphatic rings. The number of carbonyl (C=O) groups excluding carboxylic acids is 1. The molecule has 8 nitrogen and oxygen atoms in total. The summed E-state index contributed by atoms with van der Waals surface area (Å²) in [5.41, 5.74) is 0.813. The number of aliphatic carboxylic acids is 1. The average molecular weight is 461 g/mol. The maximum absolute atomic E-state index is 12.8. The van der Waals surface area contributed by atoms with Gasteiger partial charge in [-0.25, -0.2) is 0 Å². The number of amides is 1. The number of carboxylic acids is 1. The third-order valence-electron chi connectivity index (χ3n) is 4.21. The Balaban J connectivity index is 1.95. The van der Waals surface area contributed by atoms with Crippen LogP contribution in [0, 0.1) is 0 Å². The molecular formula is C16H16N2O6S4. The maximum Gasteiger partial charge on any atom is 0.323 e. The summed E-state index contributed by atoms with van der Waals surface area (Å²) >= 11 is 7.53. The number of nitrogens with zero attached hydrogens (tertiary/aromatic N) is 2. The molecule has 1 aromatic carbocycles. The Morgan fingerprint density at radius 1 is 1.25 bits per heavy atom. The summed E-state index contributed by atoms with van der Waals surface area (Å²) in [6, 6.07) is 7.41. The summed E-state index contributed by atoms with van der Waals surface area (Å²) in [7, 11) is -4.17. The minimum absolute atomic E-state index is 0.145. The number of hydrogen-bond donors (Lipinski definition) is 2. The van der Waals surface area contributed by atoms with Crippen molar-refractivity contribution in [1.82, 2.24) is 4.90 Å². The third-order valence-corrected chi connectivity index (χ3v) is 8.21. The minimum atomic E-state index is -4.17. The Morgan fingerprint density at radius 2 is 1.93 bits per heavy atom. The molecule has 2 N–H and O–H groups in total. The highest BCUT2D eigenvalue weighted by atomic mass is 32.2. The number of hydrogen-bond acceptors (Lipinski definition) is 8. The van der Waals surface area contributed by atoms with E-state index in [1.54, 1.807) is 0 Å². The molecule has 1 atom stereocenters. The Morgan fingerprint density at radius 3 is 2.57 bits per heavy atom. The minimum Gasteiger partial charge on any atom is -0.480 e. The predicted molar refractivity (Wildman–Crippen MR) is 112 cm³/mol. The zero-order chi connectivity index (χ0) is 20.6. The van der Waals surface area contributed by atoms with Crippen molar-refractivity contribution in [1.29, 1.82) is 0 Å². The molecule has 2 aliphatic heterocycles. The largest absolute Gasteiger partial charge is 0.480 e. The first kappa shape index (κ1) is 21.1. The maximum atomic E-state index is 12.8. The number of benzene rings is 1. The summed E-state index contributed by atoms with van der Waals surface area (Å²) in [5.74, 6) is -1.65. The van der Waals surface area contributed by atoms with E-state index in [2.05, 4.69) is 0 Å². The Kier molecular flexibility index (Phi) is 6.05. The summed E-state index contributed by atoms with van der Waals surface area (Å²) in [6.45, 7) is 1.15. The van der Waals surface area contributed by atoms with Crippen LogP contribution < -0.4 is 4.90 Å². The van der Waals surface area contributed by atoms with Crippen molar-refractivity contribution in [3.8, 4) is 0 Å². The van der Waals surface area contributed by atoms with Gasteiger partial charge >= 0.3 is 5.97 Å². The van der Waals surface area contributed by atoms with Crippen molar-refractivity contribution in [2.24, 2.45) is 0 Å². The first-order valence-corrected chi connectivity index (χ1v) is 11.6. The fourth-order valence-electron chi connectivity index (χ4n) is 2.68. The number of rotatable bonds is 6. The van der Waals surface area contributed by atoms with Crippen LogP contribution in [0.5, 0.6) is 0 Å². The highest BCUT2D eigenvalue weighted by Gasteiger charge is 2.40. The summed E-state index contributed by atoms with van der Waals surface area (Å²) < 4.78 is 32.1. The number of carbonyl (C=O) groups is 2. The Hall–Kier alpha value is -1.60. The number of thiocarbonyl (C=S) groups is 1. The van der Waals surface area contributed by atoms with Gasteiger partial charge in [-0.3, -0.25) is 19.0 Å². The van der Waals surface area contributed by atoms with E-state index in [1.165, 1.54) is 18.7 Å². The van der Waals surface area contributed by atoms with E-state index in [-0.39, 0.29) is 17.3 Å². The van der Waals surface area contributed by atoms with E-state index in [4.69, 9.17) is 17.3 Å². The molecule has 1 amide bonds. The van der Waals surface area contributed by atoms with Gasteiger partial charge in [-0.2, -0.15) is 8.42 Å². The average Bonchev–Trinajstić information content (AvgIpc) is 3.10. The molecule has 28 heavy (non-hydrogen) atoms. The smallest absolute Gasteiger partial charge is 0.323 e. The van der Waals surface area contributed by atoms with E-state index < -0.39 is 33.8 Å². The van der Waals surface area contributed by atoms with Gasteiger partial charge in [-0.15, -0.1) is 0 Å². The molecule has 150 valence electrons. The second-order valence-corrected chi connectivity index (χ2v) is 10.6. The van der Waals surface area contributed by atoms with Crippen LogP contribution in [0.15, 0.2) is 39.1 Å². The molecule has 0 spiro atoms. The van der Waals surface area contributed by atoms with Crippen LogP contribution in [0.4, 0.5) is 5.69 Å². The topological polar surface area (TPSA) is 115 Å². The highest BCUT2D eigenvalue weighted by Crippen LogP contribution is 2.50. The lowest BCUT2D eigenvalue weighted by atomic mass is 10.2. The van der Waals surface area contributed by atoms with Crippen LogP contribution in [-0.2, 0) is 19.7 Å². The van der Waals surface area contributed by atoms with Gasteiger partial charge in [0.25, 0.3) is 16.0 Å². The lowest BCUT2D eigenvalue weighted by Crippen LogP contribution is -2.34. The van der Waals surface area contributed by atoms with E-state index in [1.807, 2.05) is 29.2 Å². The van der Waals surface area contributed by atoms with Gasteiger partial charge in [0.15, 0.2) is 0 Å². The summed E-state index contributed by atoms with van der Waals surface area (Å²) in [6.07, 6.45) is 0.145. The first-order valence-electron chi connectivity index (χ1n) is 8.10. The summed E-state index contributed by atoms with van der Waals surface area (Å²) in [5, 5.41) is 8.61. The second kappa shape index (κ2) is 8.03. The van der Waals surface area contributed by atoms with E-state index >= 15 is 0 Å².